The van der Waals surface area contributed by atoms with E-state index in [2.05, 4.69) is 104 Å². The Kier molecular flexibility index (Phi) is 7.96. The minimum absolute atomic E-state index is 0.187. The van der Waals surface area contributed by atoms with Gasteiger partial charge in [0.2, 0.25) is 0 Å². The fourth-order valence-corrected chi connectivity index (χ4v) is 4.71. The number of rotatable bonds is 9. The number of alkyl halides is 1. The monoisotopic (exact) mass is 443 g/mol. The Bertz CT molecular complexity index is 1030. The summed E-state index contributed by atoms with van der Waals surface area (Å²) in [6, 6.07) is 30.0. The molecule has 1 aliphatic rings. The van der Waals surface area contributed by atoms with E-state index in [-0.39, 0.29) is 18.6 Å². The zero-order chi connectivity index (χ0) is 23.0. The molecule has 2 atom stereocenters. The SMILES string of the molecule is CCC(=C(c1ccccc1)c1ccc(OCC(C)N2CCC(CF)C2)cc1)c1ccccc1. The lowest BCUT2D eigenvalue weighted by molar-refractivity contribution is 0.166. The number of benzene rings is 3. The lowest BCUT2D eigenvalue weighted by Crippen LogP contribution is -2.35. The van der Waals surface area contributed by atoms with Gasteiger partial charge < -0.3 is 4.74 Å². The first-order chi connectivity index (χ1) is 16.2. The van der Waals surface area contributed by atoms with Crippen molar-refractivity contribution >= 4 is 11.1 Å². The summed E-state index contributed by atoms with van der Waals surface area (Å²) in [6.45, 7) is 6.58. The quantitative estimate of drug-likeness (QED) is 0.327. The van der Waals surface area contributed by atoms with E-state index in [1.54, 1.807) is 0 Å². The van der Waals surface area contributed by atoms with Crippen LogP contribution in [-0.4, -0.2) is 37.3 Å². The second-order valence-electron chi connectivity index (χ2n) is 8.93. The Labute approximate surface area is 197 Å². The van der Waals surface area contributed by atoms with Crippen LogP contribution < -0.4 is 4.74 Å². The summed E-state index contributed by atoms with van der Waals surface area (Å²) in [4.78, 5) is 2.34. The topological polar surface area (TPSA) is 12.5 Å². The summed E-state index contributed by atoms with van der Waals surface area (Å²) in [7, 11) is 0. The molecule has 172 valence electrons. The van der Waals surface area contributed by atoms with Gasteiger partial charge in [-0.2, -0.15) is 0 Å². The molecule has 0 spiro atoms. The van der Waals surface area contributed by atoms with Crippen molar-refractivity contribution in [2.45, 2.75) is 32.7 Å². The molecule has 0 N–H and O–H groups in total. The van der Waals surface area contributed by atoms with Crippen LogP contribution in [-0.2, 0) is 0 Å². The van der Waals surface area contributed by atoms with E-state index >= 15 is 0 Å². The maximum atomic E-state index is 12.9. The molecule has 0 saturated carbocycles. The summed E-state index contributed by atoms with van der Waals surface area (Å²) >= 11 is 0. The van der Waals surface area contributed by atoms with Crippen LogP contribution in [0.1, 0.15) is 43.4 Å². The van der Waals surface area contributed by atoms with Crippen LogP contribution in [0.2, 0.25) is 0 Å². The summed E-state index contributed by atoms with van der Waals surface area (Å²) < 4.78 is 19.1. The molecule has 0 aliphatic carbocycles. The predicted octanol–water partition coefficient (Wildman–Crippen LogP) is 7.11. The van der Waals surface area contributed by atoms with Crippen molar-refractivity contribution in [2.75, 3.05) is 26.4 Å². The largest absolute Gasteiger partial charge is 0.492 e. The molecule has 4 rings (SSSR count). The molecule has 1 aliphatic heterocycles. The number of ether oxygens (including phenoxy) is 1. The van der Waals surface area contributed by atoms with E-state index in [9.17, 15) is 4.39 Å². The van der Waals surface area contributed by atoms with Crippen LogP contribution in [0.5, 0.6) is 5.75 Å². The van der Waals surface area contributed by atoms with Gasteiger partial charge in [0.25, 0.3) is 0 Å². The third-order valence-corrected chi connectivity index (χ3v) is 6.63. The van der Waals surface area contributed by atoms with Gasteiger partial charge in [-0.3, -0.25) is 9.29 Å². The highest BCUT2D eigenvalue weighted by Crippen LogP contribution is 2.35. The molecule has 0 aromatic heterocycles. The first kappa shape index (κ1) is 23.3. The zero-order valence-corrected chi connectivity index (χ0v) is 19.7. The summed E-state index contributed by atoms with van der Waals surface area (Å²) in [6.07, 6.45) is 1.89. The minimum Gasteiger partial charge on any atom is -0.492 e. The molecular formula is C30H34FNO. The van der Waals surface area contributed by atoms with E-state index in [1.165, 1.54) is 27.8 Å². The fourth-order valence-electron chi connectivity index (χ4n) is 4.71. The van der Waals surface area contributed by atoms with E-state index in [4.69, 9.17) is 4.74 Å². The lowest BCUT2D eigenvalue weighted by atomic mass is 9.88. The normalized spacial score (nSPS) is 18.1. The Balaban J connectivity index is 1.55. The molecule has 1 fully saturated rings. The Hall–Kier alpha value is -2.91. The Morgan fingerprint density at radius 3 is 2.09 bits per heavy atom. The van der Waals surface area contributed by atoms with Gasteiger partial charge in [-0.15, -0.1) is 0 Å². The first-order valence-electron chi connectivity index (χ1n) is 12.1. The zero-order valence-electron chi connectivity index (χ0n) is 19.7. The Morgan fingerprint density at radius 1 is 0.909 bits per heavy atom. The van der Waals surface area contributed by atoms with Crippen molar-refractivity contribution in [3.8, 4) is 5.75 Å². The lowest BCUT2D eigenvalue weighted by Gasteiger charge is -2.24. The highest BCUT2D eigenvalue weighted by molar-refractivity contribution is 5.98. The van der Waals surface area contributed by atoms with E-state index in [0.29, 0.717) is 6.61 Å². The van der Waals surface area contributed by atoms with Crippen molar-refractivity contribution in [3.05, 3.63) is 102 Å². The summed E-state index contributed by atoms with van der Waals surface area (Å²) in [5.41, 5.74) is 6.26. The van der Waals surface area contributed by atoms with Gasteiger partial charge in [0.1, 0.15) is 12.4 Å². The molecule has 3 aromatic carbocycles. The van der Waals surface area contributed by atoms with Crippen molar-refractivity contribution in [1.82, 2.24) is 4.90 Å². The number of hydrogen-bond donors (Lipinski definition) is 0. The van der Waals surface area contributed by atoms with Crippen LogP contribution in [0.3, 0.4) is 0 Å². The maximum absolute atomic E-state index is 12.9. The van der Waals surface area contributed by atoms with Crippen LogP contribution in [0, 0.1) is 5.92 Å². The Morgan fingerprint density at radius 2 is 1.52 bits per heavy atom. The van der Waals surface area contributed by atoms with Crippen LogP contribution >= 0.6 is 0 Å². The first-order valence-corrected chi connectivity index (χ1v) is 12.1. The molecule has 33 heavy (non-hydrogen) atoms. The molecule has 2 unspecified atom stereocenters. The third kappa shape index (κ3) is 5.72. The van der Waals surface area contributed by atoms with Gasteiger partial charge >= 0.3 is 0 Å². The van der Waals surface area contributed by atoms with Crippen LogP contribution in [0.15, 0.2) is 84.9 Å². The van der Waals surface area contributed by atoms with E-state index in [0.717, 1.165) is 31.7 Å². The molecule has 0 amide bonds. The van der Waals surface area contributed by atoms with E-state index < -0.39 is 0 Å². The molecule has 3 aromatic rings. The predicted molar refractivity (Wildman–Crippen MR) is 136 cm³/mol. The van der Waals surface area contributed by atoms with Crippen LogP contribution in [0.4, 0.5) is 4.39 Å². The van der Waals surface area contributed by atoms with Gasteiger partial charge in [0, 0.05) is 18.5 Å². The number of nitrogens with zero attached hydrogens (tertiary/aromatic N) is 1. The molecule has 1 heterocycles. The van der Waals surface area contributed by atoms with E-state index in [1.807, 2.05) is 0 Å². The van der Waals surface area contributed by atoms with Crippen molar-refractivity contribution in [1.29, 1.82) is 0 Å². The molecule has 0 bridgehead atoms. The smallest absolute Gasteiger partial charge is 0.119 e. The number of allylic oxidation sites excluding steroid dienone is 1. The second-order valence-corrected chi connectivity index (χ2v) is 8.93. The molecule has 2 nitrogen and oxygen atoms in total. The molecular weight excluding hydrogens is 409 g/mol. The summed E-state index contributed by atoms with van der Waals surface area (Å²) in [5, 5.41) is 0. The highest BCUT2D eigenvalue weighted by Gasteiger charge is 2.26. The van der Waals surface area contributed by atoms with Crippen molar-refractivity contribution < 1.29 is 9.13 Å². The summed E-state index contributed by atoms with van der Waals surface area (Å²) in [5.74, 6) is 1.06. The maximum Gasteiger partial charge on any atom is 0.119 e. The standard InChI is InChI=1S/C30H34FNO/c1-3-29(25-10-6-4-7-11-25)30(26-12-8-5-9-13-26)27-14-16-28(17-15-27)33-22-23(2)32-19-18-24(20-31)21-32/h4-17,23-24H,3,18-22H2,1-2H3. The fraction of sp³-hybridized carbons (Fsp3) is 0.333. The number of halogens is 1. The third-order valence-electron chi connectivity index (χ3n) is 6.63. The van der Waals surface area contributed by atoms with Gasteiger partial charge in [0.05, 0.1) is 6.67 Å². The van der Waals surface area contributed by atoms with Crippen molar-refractivity contribution in [2.24, 2.45) is 5.92 Å². The van der Waals surface area contributed by atoms with Crippen molar-refractivity contribution in [3.63, 3.8) is 0 Å². The second kappa shape index (κ2) is 11.3. The average molecular weight is 444 g/mol. The van der Waals surface area contributed by atoms with Crippen LogP contribution in [0.25, 0.3) is 11.1 Å². The minimum atomic E-state index is -0.217. The van der Waals surface area contributed by atoms with Gasteiger partial charge in [-0.05, 0) is 66.3 Å². The van der Waals surface area contributed by atoms with Gasteiger partial charge in [-0.25, -0.2) is 0 Å². The number of hydrogen-bond acceptors (Lipinski definition) is 2. The molecule has 3 heteroatoms. The molecule has 0 radical (unpaired) electrons. The molecule has 1 saturated heterocycles. The average Bonchev–Trinajstić information content (AvgIpc) is 3.37. The van der Waals surface area contributed by atoms with Gasteiger partial charge in [0.15, 0.2) is 0 Å². The highest BCUT2D eigenvalue weighted by atomic mass is 19.1. The van der Waals surface area contributed by atoms with Gasteiger partial charge in [-0.1, -0.05) is 79.7 Å². The number of likely N-dealkylation sites (tertiary alicyclic amines) is 1.